The van der Waals surface area contributed by atoms with Gasteiger partial charge in [-0.1, -0.05) is 12.2 Å². The van der Waals surface area contributed by atoms with Gasteiger partial charge in [-0.25, -0.2) is 5.10 Å². The molecule has 0 aliphatic heterocycles. The van der Waals surface area contributed by atoms with E-state index in [-0.39, 0.29) is 6.61 Å². The predicted octanol–water partition coefficient (Wildman–Crippen LogP) is 1.14. The van der Waals surface area contributed by atoms with Gasteiger partial charge >= 0.3 is 6.18 Å². The van der Waals surface area contributed by atoms with Crippen LogP contribution in [0.5, 0.6) is 0 Å². The van der Waals surface area contributed by atoms with E-state index >= 15 is 0 Å². The Kier molecular flexibility index (Phi) is 4.49. The molecule has 0 bridgehead atoms. The van der Waals surface area contributed by atoms with Crippen molar-refractivity contribution in [3.8, 4) is 0 Å². The molecule has 0 radical (unpaired) electrons. The van der Waals surface area contributed by atoms with Crippen LogP contribution in [0.1, 0.15) is 12.5 Å². The molecule has 0 unspecified atom stereocenters. The molecule has 0 aromatic carbocycles. The summed E-state index contributed by atoms with van der Waals surface area (Å²) in [4.78, 5) is 11.1. The van der Waals surface area contributed by atoms with Gasteiger partial charge < -0.3 is 10.4 Å². The summed E-state index contributed by atoms with van der Waals surface area (Å²) in [5, 5.41) is 16.1. The third-order valence-corrected chi connectivity index (χ3v) is 2.05. The summed E-state index contributed by atoms with van der Waals surface area (Å²) in [5.74, 6) is 0. The summed E-state index contributed by atoms with van der Waals surface area (Å²) in [6.07, 6.45) is -1.01. The van der Waals surface area contributed by atoms with Gasteiger partial charge in [-0.2, -0.15) is 18.3 Å². The molecule has 0 saturated heterocycles. The van der Waals surface area contributed by atoms with Gasteiger partial charge in [-0.3, -0.25) is 4.79 Å². The molecule has 1 aromatic heterocycles. The number of hydrogen-bond acceptors (Lipinski definition) is 4. The van der Waals surface area contributed by atoms with Gasteiger partial charge in [0.2, 0.25) is 0 Å². The number of halogens is 3. The fraction of sp³-hybridized carbons (Fsp3) is 0.400. The first-order valence-corrected chi connectivity index (χ1v) is 5.05. The van der Waals surface area contributed by atoms with Crippen LogP contribution in [0.15, 0.2) is 23.1 Å². The van der Waals surface area contributed by atoms with E-state index in [9.17, 15) is 18.0 Å². The van der Waals surface area contributed by atoms with Gasteiger partial charge in [0.25, 0.3) is 5.56 Å². The molecule has 0 spiro atoms. The number of anilines is 1. The first-order valence-electron chi connectivity index (χ1n) is 5.05. The molecular formula is C10H12F3N3O2. The van der Waals surface area contributed by atoms with Crippen molar-refractivity contribution in [3.05, 3.63) is 34.3 Å². The molecule has 8 heteroatoms. The smallest absolute Gasteiger partial charge is 0.392 e. The predicted molar refractivity (Wildman–Crippen MR) is 59.2 cm³/mol. The lowest BCUT2D eigenvalue weighted by Crippen LogP contribution is -2.26. The van der Waals surface area contributed by atoms with Crippen molar-refractivity contribution in [1.29, 1.82) is 0 Å². The van der Waals surface area contributed by atoms with Crippen LogP contribution >= 0.6 is 0 Å². The summed E-state index contributed by atoms with van der Waals surface area (Å²) in [6, 6.07) is -0.484. The van der Waals surface area contributed by atoms with Crippen LogP contribution in [-0.4, -0.2) is 28.0 Å². The number of aliphatic hydroxyl groups is 1. The Balaban J connectivity index is 3.07. The molecule has 0 aliphatic rings. The number of aliphatic hydroxyl groups excluding tert-OH is 1. The van der Waals surface area contributed by atoms with E-state index in [0.29, 0.717) is 0 Å². The lowest BCUT2D eigenvalue weighted by Gasteiger charge is -2.15. The average Bonchev–Trinajstić information content (AvgIpc) is 2.24. The third-order valence-electron chi connectivity index (χ3n) is 2.05. The zero-order valence-electron chi connectivity index (χ0n) is 9.45. The second kappa shape index (κ2) is 5.67. The molecule has 1 aromatic rings. The Hall–Kier alpha value is -1.83. The molecule has 3 N–H and O–H groups in total. The molecule has 1 rings (SSSR count). The third kappa shape index (κ3) is 3.59. The van der Waals surface area contributed by atoms with Crippen molar-refractivity contribution in [2.75, 3.05) is 11.9 Å². The SMILES string of the molecule is C[C@H](/C=C/CO)Nc1cn[nH]c(=O)c1C(F)(F)F. The molecule has 18 heavy (non-hydrogen) atoms. The normalized spacial score (nSPS) is 13.8. The minimum absolute atomic E-state index is 0.216. The maximum atomic E-state index is 12.7. The molecule has 5 nitrogen and oxygen atoms in total. The maximum Gasteiger partial charge on any atom is 0.423 e. The van der Waals surface area contributed by atoms with Gasteiger partial charge in [-0.05, 0) is 6.92 Å². The lowest BCUT2D eigenvalue weighted by atomic mass is 10.2. The van der Waals surface area contributed by atoms with Gasteiger partial charge in [0.05, 0.1) is 18.5 Å². The summed E-state index contributed by atoms with van der Waals surface area (Å²) in [7, 11) is 0. The molecule has 1 heterocycles. The van der Waals surface area contributed by atoms with Crippen molar-refractivity contribution in [2.24, 2.45) is 0 Å². The standard InChI is InChI=1S/C10H12F3N3O2/c1-6(3-2-4-17)15-7-5-14-16-9(18)8(7)10(11,12)13/h2-3,5-6,17H,4H2,1H3,(H2,15,16,18)/b3-2+/t6-/m1/s1. The van der Waals surface area contributed by atoms with Crippen LogP contribution in [0.25, 0.3) is 0 Å². The number of aromatic nitrogens is 2. The molecule has 1 atom stereocenters. The fourth-order valence-electron chi connectivity index (χ4n) is 1.35. The van der Waals surface area contributed by atoms with Gasteiger partial charge in [0, 0.05) is 6.04 Å². The van der Waals surface area contributed by atoms with Crippen LogP contribution < -0.4 is 10.9 Å². The van der Waals surface area contributed by atoms with Crippen molar-refractivity contribution >= 4 is 5.69 Å². The minimum Gasteiger partial charge on any atom is -0.392 e. The van der Waals surface area contributed by atoms with E-state index in [1.165, 1.54) is 12.2 Å². The van der Waals surface area contributed by atoms with E-state index < -0.39 is 29.0 Å². The Labute approximate surface area is 100 Å². The second-order valence-electron chi connectivity index (χ2n) is 3.53. The summed E-state index contributed by atoms with van der Waals surface area (Å²) in [5.41, 5.74) is -3.02. The monoisotopic (exact) mass is 263 g/mol. The molecule has 0 saturated carbocycles. The number of rotatable bonds is 4. The van der Waals surface area contributed by atoms with Crippen molar-refractivity contribution in [3.63, 3.8) is 0 Å². The molecular weight excluding hydrogens is 251 g/mol. The van der Waals surface area contributed by atoms with Crippen molar-refractivity contribution < 1.29 is 18.3 Å². The minimum atomic E-state index is -4.76. The highest BCUT2D eigenvalue weighted by Crippen LogP contribution is 2.31. The topological polar surface area (TPSA) is 78.0 Å². The van der Waals surface area contributed by atoms with Gasteiger partial charge in [0.1, 0.15) is 5.56 Å². The van der Waals surface area contributed by atoms with Crippen LogP contribution in [0, 0.1) is 0 Å². The van der Waals surface area contributed by atoms with E-state index in [2.05, 4.69) is 10.4 Å². The van der Waals surface area contributed by atoms with Gasteiger partial charge in [-0.15, -0.1) is 0 Å². The van der Waals surface area contributed by atoms with E-state index in [1.54, 1.807) is 12.0 Å². The highest BCUT2D eigenvalue weighted by molar-refractivity contribution is 5.50. The van der Waals surface area contributed by atoms with Crippen LogP contribution in [0.2, 0.25) is 0 Å². The highest BCUT2D eigenvalue weighted by atomic mass is 19.4. The number of alkyl halides is 3. The van der Waals surface area contributed by atoms with Crippen LogP contribution in [0.3, 0.4) is 0 Å². The highest BCUT2D eigenvalue weighted by Gasteiger charge is 2.37. The summed E-state index contributed by atoms with van der Waals surface area (Å²) < 4.78 is 38.0. The van der Waals surface area contributed by atoms with E-state index in [0.717, 1.165) is 6.20 Å². The number of nitrogens with zero attached hydrogens (tertiary/aromatic N) is 1. The maximum absolute atomic E-state index is 12.7. The number of hydrogen-bond donors (Lipinski definition) is 3. The first kappa shape index (κ1) is 14.2. The summed E-state index contributed by atoms with van der Waals surface area (Å²) in [6.45, 7) is 1.36. The quantitative estimate of drug-likeness (QED) is 0.712. The van der Waals surface area contributed by atoms with E-state index in [4.69, 9.17) is 5.11 Å². The van der Waals surface area contributed by atoms with Crippen molar-refractivity contribution in [1.82, 2.24) is 10.2 Å². The zero-order valence-corrected chi connectivity index (χ0v) is 9.45. The number of aromatic amines is 1. The average molecular weight is 263 g/mol. The fourth-order valence-corrected chi connectivity index (χ4v) is 1.35. The number of H-pyrrole nitrogens is 1. The van der Waals surface area contributed by atoms with Gasteiger partial charge in [0.15, 0.2) is 0 Å². The molecule has 0 amide bonds. The van der Waals surface area contributed by atoms with Crippen LogP contribution in [-0.2, 0) is 6.18 Å². The molecule has 100 valence electrons. The summed E-state index contributed by atoms with van der Waals surface area (Å²) >= 11 is 0. The first-order chi connectivity index (χ1) is 8.36. The lowest BCUT2D eigenvalue weighted by molar-refractivity contribution is -0.138. The zero-order chi connectivity index (χ0) is 13.8. The number of nitrogens with one attached hydrogen (secondary N) is 2. The molecule has 0 fully saturated rings. The van der Waals surface area contributed by atoms with E-state index in [1.807, 2.05) is 0 Å². The van der Waals surface area contributed by atoms with Crippen LogP contribution in [0.4, 0.5) is 18.9 Å². The second-order valence-corrected chi connectivity index (χ2v) is 3.53. The Bertz CT molecular complexity index is 482. The Morgan fingerprint density at radius 3 is 2.83 bits per heavy atom. The Morgan fingerprint density at radius 1 is 1.61 bits per heavy atom. The Morgan fingerprint density at radius 2 is 2.28 bits per heavy atom. The van der Waals surface area contributed by atoms with Crippen molar-refractivity contribution in [2.45, 2.75) is 19.1 Å². The largest absolute Gasteiger partial charge is 0.423 e. The molecule has 0 aliphatic carbocycles.